The van der Waals surface area contributed by atoms with Crippen LogP contribution < -0.4 is 10.5 Å². The highest BCUT2D eigenvalue weighted by atomic mass is 32.1. The highest BCUT2D eigenvalue weighted by Crippen LogP contribution is 2.42. The van der Waals surface area contributed by atoms with Crippen LogP contribution in [-0.2, 0) is 20.8 Å². The largest absolute Gasteiger partial charge is 0.457 e. The van der Waals surface area contributed by atoms with Gasteiger partial charge in [-0.25, -0.2) is 4.99 Å². The molecule has 9 heteroatoms. The van der Waals surface area contributed by atoms with E-state index in [-0.39, 0.29) is 32.9 Å². The second-order valence-electron chi connectivity index (χ2n) is 12.2. The number of ether oxygens (including phenoxy) is 3. The third kappa shape index (κ3) is 7.67. The molecule has 2 aromatic carbocycles. The molecule has 0 aromatic heterocycles. The van der Waals surface area contributed by atoms with Gasteiger partial charge in [0.05, 0.1) is 18.9 Å². The maximum absolute atomic E-state index is 13.4. The van der Waals surface area contributed by atoms with E-state index in [9.17, 15) is 4.79 Å². The molecule has 4 aliphatic rings. The summed E-state index contributed by atoms with van der Waals surface area (Å²) in [5.74, 6) is 2.30. The van der Waals surface area contributed by atoms with Gasteiger partial charge in [0.2, 0.25) is 5.91 Å². The predicted octanol–water partition coefficient (Wildman–Crippen LogP) is 6.86. The van der Waals surface area contributed by atoms with Gasteiger partial charge in [-0.15, -0.1) is 0 Å². The lowest BCUT2D eigenvalue weighted by atomic mass is 9.78. The molecule has 3 fully saturated rings. The molecule has 8 nitrogen and oxygen atoms in total. The second kappa shape index (κ2) is 14.8. The number of guanidine groups is 1. The molecule has 6 rings (SSSR count). The van der Waals surface area contributed by atoms with E-state index in [1.54, 1.807) is 0 Å². The van der Waals surface area contributed by atoms with Crippen LogP contribution in [-0.4, -0.2) is 59.8 Å². The van der Waals surface area contributed by atoms with Crippen molar-refractivity contribution in [1.82, 2.24) is 9.80 Å². The van der Waals surface area contributed by atoms with Crippen molar-refractivity contribution in [2.24, 2.45) is 16.6 Å². The van der Waals surface area contributed by atoms with Gasteiger partial charge in [-0.2, -0.15) is 13.5 Å². The number of hydrogen-bond donors (Lipinski definition) is 1. The van der Waals surface area contributed by atoms with Crippen LogP contribution in [0.4, 0.5) is 5.69 Å². The Bertz CT molecular complexity index is 1220. The van der Waals surface area contributed by atoms with Crippen molar-refractivity contribution >= 4 is 31.0 Å². The minimum atomic E-state index is -0.421. The van der Waals surface area contributed by atoms with Crippen molar-refractivity contribution in [3.8, 4) is 11.5 Å². The SMILES string of the molecule is C.CN(C(=O)CC[C@@H](C1CCC2(CC1)OCCO2)N1Cc2cc(Oc3ccccc3)ccc2N=C1N)C1CCCCC1.S. The van der Waals surface area contributed by atoms with Crippen molar-refractivity contribution in [2.45, 2.75) is 102 Å². The monoisotopic (exact) mass is 610 g/mol. The van der Waals surface area contributed by atoms with Gasteiger partial charge in [0.1, 0.15) is 11.5 Å². The molecule has 2 N–H and O–H groups in total. The number of fused-ring (bicyclic) bond motifs is 1. The lowest BCUT2D eigenvalue weighted by molar-refractivity contribution is -0.185. The number of benzene rings is 2. The molecular formula is C34H50N4O4S. The van der Waals surface area contributed by atoms with E-state index in [1.165, 1.54) is 19.3 Å². The number of carbonyl (C=O) groups excluding carboxylic acids is 1. The van der Waals surface area contributed by atoms with Crippen LogP contribution in [0, 0.1) is 5.92 Å². The van der Waals surface area contributed by atoms with E-state index in [0.29, 0.717) is 44.1 Å². The molecule has 43 heavy (non-hydrogen) atoms. The number of amides is 1. The highest BCUT2D eigenvalue weighted by Gasteiger charge is 2.43. The van der Waals surface area contributed by atoms with Crippen LogP contribution in [0.3, 0.4) is 0 Å². The van der Waals surface area contributed by atoms with E-state index in [2.05, 4.69) is 11.0 Å². The van der Waals surface area contributed by atoms with Crippen molar-refractivity contribution < 1.29 is 19.0 Å². The minimum absolute atomic E-state index is 0. The molecule has 2 aliphatic carbocycles. The fourth-order valence-corrected chi connectivity index (χ4v) is 7.24. The van der Waals surface area contributed by atoms with Crippen molar-refractivity contribution in [3.05, 3.63) is 54.1 Å². The highest BCUT2D eigenvalue weighted by molar-refractivity contribution is 7.59. The molecule has 2 aromatic rings. The first kappa shape index (κ1) is 33.1. The quantitative estimate of drug-likeness (QED) is 0.351. The fourth-order valence-electron chi connectivity index (χ4n) is 7.24. The maximum Gasteiger partial charge on any atom is 0.222 e. The maximum atomic E-state index is 13.4. The van der Waals surface area contributed by atoms with Crippen LogP contribution in [0.15, 0.2) is 53.5 Å². The van der Waals surface area contributed by atoms with Gasteiger partial charge in [0, 0.05) is 50.5 Å². The van der Waals surface area contributed by atoms with E-state index < -0.39 is 5.79 Å². The van der Waals surface area contributed by atoms with Gasteiger partial charge in [-0.05, 0) is 68.4 Å². The zero-order valence-electron chi connectivity index (χ0n) is 24.8. The van der Waals surface area contributed by atoms with Gasteiger partial charge in [-0.3, -0.25) is 4.79 Å². The molecule has 2 saturated carbocycles. The summed E-state index contributed by atoms with van der Waals surface area (Å²) in [6.07, 6.45) is 10.9. The molecule has 1 saturated heterocycles. The molecule has 2 aliphatic heterocycles. The Morgan fingerprint density at radius 1 is 1.05 bits per heavy atom. The average Bonchev–Trinajstić information content (AvgIpc) is 3.46. The Morgan fingerprint density at radius 2 is 1.74 bits per heavy atom. The molecular weight excluding hydrogens is 560 g/mol. The predicted molar refractivity (Wildman–Crippen MR) is 176 cm³/mol. The van der Waals surface area contributed by atoms with Crippen molar-refractivity contribution in [1.29, 1.82) is 0 Å². The summed E-state index contributed by atoms with van der Waals surface area (Å²) in [6.45, 7) is 1.99. The lowest BCUT2D eigenvalue weighted by Gasteiger charge is -2.44. The molecule has 1 amide bonds. The summed E-state index contributed by atoms with van der Waals surface area (Å²) in [4.78, 5) is 22.5. The first-order chi connectivity index (χ1) is 20.0. The molecule has 0 unspecified atom stereocenters. The van der Waals surface area contributed by atoms with Gasteiger partial charge in [0.15, 0.2) is 11.7 Å². The number of carbonyl (C=O) groups is 1. The zero-order chi connectivity index (χ0) is 28.2. The smallest absolute Gasteiger partial charge is 0.222 e. The van der Waals surface area contributed by atoms with Crippen LogP contribution in [0.1, 0.15) is 83.6 Å². The van der Waals surface area contributed by atoms with E-state index in [4.69, 9.17) is 24.9 Å². The number of hydrogen-bond acceptors (Lipinski definition) is 7. The summed E-state index contributed by atoms with van der Waals surface area (Å²) >= 11 is 0. The Kier molecular flexibility index (Phi) is 11.4. The summed E-state index contributed by atoms with van der Waals surface area (Å²) < 4.78 is 18.2. The number of nitrogens with zero attached hydrogens (tertiary/aromatic N) is 3. The Labute approximate surface area is 264 Å². The fraction of sp³-hybridized carbons (Fsp3) is 0.588. The molecule has 2 heterocycles. The Balaban J connectivity index is 0.00000212. The third-order valence-corrected chi connectivity index (χ3v) is 9.62. The average molecular weight is 611 g/mol. The summed E-state index contributed by atoms with van der Waals surface area (Å²) in [7, 11) is 1.99. The first-order valence-electron chi connectivity index (χ1n) is 15.5. The molecule has 0 bridgehead atoms. The van der Waals surface area contributed by atoms with Gasteiger partial charge in [0.25, 0.3) is 0 Å². The number of rotatable bonds is 8. The number of para-hydroxylation sites is 1. The van der Waals surface area contributed by atoms with Gasteiger partial charge in [-0.1, -0.05) is 44.9 Å². The first-order valence-corrected chi connectivity index (χ1v) is 15.5. The molecule has 1 spiro atoms. The van der Waals surface area contributed by atoms with Gasteiger partial charge < -0.3 is 29.7 Å². The number of aliphatic imine (C=N–C) groups is 1. The molecule has 0 radical (unpaired) electrons. The second-order valence-corrected chi connectivity index (χ2v) is 12.2. The van der Waals surface area contributed by atoms with Crippen LogP contribution in [0.25, 0.3) is 0 Å². The van der Waals surface area contributed by atoms with E-state index in [0.717, 1.165) is 67.7 Å². The minimum Gasteiger partial charge on any atom is -0.457 e. The van der Waals surface area contributed by atoms with E-state index >= 15 is 0 Å². The molecule has 236 valence electrons. The standard InChI is InChI=1S/C33H44N4O4.CH4.H2S/c1-36(26-8-4-2-5-9-26)31(38)15-14-30(24-16-18-33(19-17-24)39-20-21-40-33)37-23-25-22-28(12-13-29(25)35-32(37)34)41-27-10-6-3-7-11-27;;/h3,6-7,10-13,22,24,26,30H,2,4-5,8-9,14-21,23H2,1H3,(H2,34,35);1H4;1H2/t30-;;/m0../s1. The summed E-state index contributed by atoms with van der Waals surface area (Å²) in [5, 5.41) is 0. The van der Waals surface area contributed by atoms with E-state index in [1.807, 2.05) is 54.4 Å². The van der Waals surface area contributed by atoms with Crippen molar-refractivity contribution in [2.75, 3.05) is 20.3 Å². The Hall–Kier alpha value is -2.75. The lowest BCUT2D eigenvalue weighted by Crippen LogP contribution is -2.51. The van der Waals surface area contributed by atoms with Gasteiger partial charge >= 0.3 is 0 Å². The van der Waals surface area contributed by atoms with Crippen LogP contribution >= 0.6 is 13.5 Å². The van der Waals surface area contributed by atoms with Crippen LogP contribution in [0.5, 0.6) is 11.5 Å². The normalized spacial score (nSPS) is 20.8. The molecule has 1 atom stereocenters. The summed E-state index contributed by atoms with van der Waals surface area (Å²) in [6, 6.07) is 16.3. The third-order valence-electron chi connectivity index (χ3n) is 9.62. The summed E-state index contributed by atoms with van der Waals surface area (Å²) in [5.41, 5.74) is 8.62. The van der Waals surface area contributed by atoms with Crippen LogP contribution in [0.2, 0.25) is 0 Å². The number of nitrogens with two attached hydrogens (primary N) is 1. The zero-order valence-corrected chi connectivity index (χ0v) is 25.8. The Morgan fingerprint density at radius 3 is 2.44 bits per heavy atom. The van der Waals surface area contributed by atoms with Crippen molar-refractivity contribution in [3.63, 3.8) is 0 Å². The topological polar surface area (TPSA) is 89.6 Å².